The first kappa shape index (κ1) is 20.5. The van der Waals surface area contributed by atoms with E-state index in [0.717, 1.165) is 10.9 Å². The molecule has 1 unspecified atom stereocenters. The van der Waals surface area contributed by atoms with Crippen LogP contribution in [0.3, 0.4) is 0 Å². The monoisotopic (exact) mass is 457 g/mol. The first-order valence-corrected chi connectivity index (χ1v) is 10.6. The molecule has 2 aromatic rings. The molecule has 0 saturated carbocycles. The lowest BCUT2D eigenvalue weighted by atomic mass is 10.1. The Morgan fingerprint density at radius 1 is 1.31 bits per heavy atom. The number of nitrogens with one attached hydrogen (secondary N) is 1. The third kappa shape index (κ3) is 3.31. The second-order valence-corrected chi connectivity index (χ2v) is 8.91. The van der Waals surface area contributed by atoms with E-state index in [2.05, 4.69) is 23.8 Å². The Hall–Kier alpha value is -1.75. The lowest BCUT2D eigenvalue weighted by Crippen LogP contribution is -2.34. The zero-order valence-electron chi connectivity index (χ0n) is 13.8. The summed E-state index contributed by atoms with van der Waals surface area (Å²) in [6.07, 6.45) is -2.11. The summed E-state index contributed by atoms with van der Waals surface area (Å²) in [6.45, 7) is -0.980. The van der Waals surface area contributed by atoms with Crippen molar-refractivity contribution in [3.05, 3.63) is 16.7 Å². The summed E-state index contributed by atoms with van der Waals surface area (Å²) < 4.78 is 41.5. The van der Waals surface area contributed by atoms with E-state index in [0.29, 0.717) is 0 Å². The average molecular weight is 457 g/mol. The number of aromatic nitrogens is 4. The maximum Gasteiger partial charge on any atom is 0.481 e. The van der Waals surface area contributed by atoms with Gasteiger partial charge in [-0.05, 0) is 0 Å². The normalized spacial score (nSPS) is 33.6. The number of H-pyrrole nitrogens is 1. The van der Waals surface area contributed by atoms with E-state index in [-0.39, 0.29) is 17.1 Å². The van der Waals surface area contributed by atoms with Crippen LogP contribution in [0.1, 0.15) is 6.23 Å². The van der Waals surface area contributed by atoms with Crippen molar-refractivity contribution in [3.8, 4) is 0 Å². The predicted molar refractivity (Wildman–Crippen MR) is 86.4 cm³/mol. The van der Waals surface area contributed by atoms with Gasteiger partial charge in [0, 0.05) is 0 Å². The Bertz CT molecular complexity index is 1140. The van der Waals surface area contributed by atoms with Gasteiger partial charge in [-0.3, -0.25) is 18.9 Å². The topological polar surface area (TPSA) is 265 Å². The summed E-state index contributed by atoms with van der Waals surface area (Å²) in [5.74, 6) is -5.06. The number of ether oxygens (including phenoxy) is 2. The zero-order chi connectivity index (χ0) is 21.4. The Labute approximate surface area is 158 Å². The summed E-state index contributed by atoms with van der Waals surface area (Å²) in [7, 11) is -10.6. The molecule has 2 aromatic heterocycles. The third-order valence-corrected chi connectivity index (χ3v) is 6.30. The molecule has 0 bridgehead atoms. The second-order valence-electron chi connectivity index (χ2n) is 6.08. The zero-order valence-corrected chi connectivity index (χ0v) is 15.6. The molecule has 0 aliphatic carbocycles. The second kappa shape index (κ2) is 6.13. The fourth-order valence-corrected chi connectivity index (χ4v) is 4.50. The fraction of sp³-hybridized carbons (Fsp3) is 0.500. The van der Waals surface area contributed by atoms with Crippen molar-refractivity contribution >= 4 is 32.8 Å². The molecule has 5 atom stereocenters. The minimum Gasteiger partial charge on any atom is -0.369 e. The number of anilines is 1. The van der Waals surface area contributed by atoms with Gasteiger partial charge in [0.2, 0.25) is 5.95 Å². The lowest BCUT2D eigenvalue weighted by molar-refractivity contribution is -0.179. The van der Waals surface area contributed by atoms with E-state index in [1.165, 1.54) is 0 Å². The largest absolute Gasteiger partial charge is 0.481 e. The van der Waals surface area contributed by atoms with Gasteiger partial charge in [0.1, 0.15) is 6.10 Å². The highest BCUT2D eigenvalue weighted by molar-refractivity contribution is 7.60. The van der Waals surface area contributed by atoms with Gasteiger partial charge in [-0.25, -0.2) is 14.1 Å². The quantitative estimate of drug-likeness (QED) is 0.171. The Kier molecular flexibility index (Phi) is 4.34. The molecule has 2 aliphatic rings. The molecule has 2 fully saturated rings. The minimum absolute atomic E-state index is 0.123. The molecule has 8 N–H and O–H groups in total. The molecule has 4 rings (SSSR count). The number of nitrogens with zero attached hydrogens (tertiary/aromatic N) is 3. The van der Waals surface area contributed by atoms with Crippen LogP contribution in [-0.2, 0) is 27.4 Å². The molecule has 19 heteroatoms. The number of epoxide rings is 1. The van der Waals surface area contributed by atoms with Gasteiger partial charge in [0.25, 0.3) is 17.1 Å². The van der Waals surface area contributed by atoms with E-state index in [9.17, 15) is 29.0 Å². The van der Waals surface area contributed by atoms with Crippen molar-refractivity contribution in [1.82, 2.24) is 19.5 Å². The standard InChI is InChI=1S/C10H13N5O12P2/c11-8-13-5-4(6(16)14-8)12-2-15(5)7-10(18)9(17,26-10)3(25-7)1-24-29(22,23)27-28(19,20)21/h2-3,7,17-18H,1H2,(H,22,23)(H2,19,20,21)(H3,11,13,14,16)/t3-,7-,9+,10-/m1/s1. The van der Waals surface area contributed by atoms with Crippen molar-refractivity contribution in [2.24, 2.45) is 0 Å². The lowest BCUT2D eigenvalue weighted by Gasteiger charge is -2.21. The van der Waals surface area contributed by atoms with Gasteiger partial charge in [0.15, 0.2) is 17.4 Å². The van der Waals surface area contributed by atoms with Gasteiger partial charge in [0.05, 0.1) is 12.9 Å². The number of hydrogen-bond acceptors (Lipinski definition) is 12. The minimum atomic E-state index is -5.36. The number of nitrogen functional groups attached to an aromatic ring is 1. The molecule has 0 spiro atoms. The molecule has 0 radical (unpaired) electrons. The highest BCUT2D eigenvalue weighted by Gasteiger charge is 2.84. The number of imidazole rings is 1. The number of nitrogens with two attached hydrogens (primary N) is 1. The van der Waals surface area contributed by atoms with Gasteiger partial charge < -0.3 is 40.1 Å². The number of hydrogen-bond donors (Lipinski definition) is 7. The van der Waals surface area contributed by atoms with Crippen LogP contribution in [0, 0.1) is 0 Å². The van der Waals surface area contributed by atoms with Crippen LogP contribution in [0.15, 0.2) is 11.1 Å². The van der Waals surface area contributed by atoms with E-state index in [1.807, 2.05) is 0 Å². The first-order valence-electron chi connectivity index (χ1n) is 7.53. The van der Waals surface area contributed by atoms with Crippen LogP contribution in [0.2, 0.25) is 0 Å². The summed E-state index contributed by atoms with van der Waals surface area (Å²) in [4.78, 5) is 48.2. The summed E-state index contributed by atoms with van der Waals surface area (Å²) in [5.41, 5.74) is 4.51. The van der Waals surface area contributed by atoms with E-state index >= 15 is 0 Å². The highest BCUT2D eigenvalue weighted by Crippen LogP contribution is 2.62. The molecule has 0 aromatic carbocycles. The molecule has 2 saturated heterocycles. The van der Waals surface area contributed by atoms with Crippen molar-refractivity contribution in [2.75, 3.05) is 12.3 Å². The van der Waals surface area contributed by atoms with Crippen molar-refractivity contribution < 1.29 is 52.3 Å². The molecular formula is C10H13N5O12P2. The number of phosphoric ester groups is 1. The van der Waals surface area contributed by atoms with Crippen LogP contribution in [0.4, 0.5) is 5.95 Å². The number of aromatic amines is 1. The summed E-state index contributed by atoms with van der Waals surface area (Å²) >= 11 is 0. The van der Waals surface area contributed by atoms with Crippen molar-refractivity contribution in [1.29, 1.82) is 0 Å². The number of rotatable bonds is 6. The fourth-order valence-electron chi connectivity index (χ4n) is 2.92. The maximum absolute atomic E-state index is 11.9. The predicted octanol–water partition coefficient (Wildman–Crippen LogP) is -2.77. The van der Waals surface area contributed by atoms with Crippen LogP contribution in [0.5, 0.6) is 0 Å². The number of fused-ring (bicyclic) bond motifs is 2. The van der Waals surface area contributed by atoms with Gasteiger partial charge in [-0.2, -0.15) is 9.29 Å². The van der Waals surface area contributed by atoms with E-state index in [4.69, 9.17) is 25.0 Å². The third-order valence-electron chi connectivity index (χ3n) is 4.15. The molecule has 2 aliphatic heterocycles. The highest BCUT2D eigenvalue weighted by atomic mass is 31.3. The van der Waals surface area contributed by atoms with Crippen LogP contribution in [-0.4, -0.2) is 68.7 Å². The van der Waals surface area contributed by atoms with Crippen molar-refractivity contribution in [2.45, 2.75) is 23.9 Å². The molecule has 29 heavy (non-hydrogen) atoms. The molecule has 17 nitrogen and oxygen atoms in total. The first-order chi connectivity index (χ1) is 13.3. The van der Waals surface area contributed by atoms with E-state index < -0.39 is 51.7 Å². The molecule has 160 valence electrons. The molecular weight excluding hydrogens is 444 g/mol. The van der Waals surface area contributed by atoms with Gasteiger partial charge in [-0.15, -0.1) is 0 Å². The van der Waals surface area contributed by atoms with Crippen LogP contribution in [0.25, 0.3) is 11.2 Å². The molecule has 0 amide bonds. The van der Waals surface area contributed by atoms with Gasteiger partial charge in [-0.1, -0.05) is 0 Å². The van der Waals surface area contributed by atoms with Gasteiger partial charge >= 0.3 is 15.6 Å². The Morgan fingerprint density at radius 3 is 2.66 bits per heavy atom. The maximum atomic E-state index is 11.9. The average Bonchev–Trinajstić information content (AvgIpc) is 2.84. The number of phosphoric acid groups is 2. The van der Waals surface area contributed by atoms with Crippen LogP contribution >= 0.6 is 15.6 Å². The van der Waals surface area contributed by atoms with Crippen molar-refractivity contribution in [3.63, 3.8) is 0 Å². The number of aliphatic hydroxyl groups is 2. The Morgan fingerprint density at radius 2 is 2.00 bits per heavy atom. The summed E-state index contributed by atoms with van der Waals surface area (Å²) in [5, 5.41) is 20.9. The van der Waals surface area contributed by atoms with E-state index in [1.54, 1.807) is 0 Å². The smallest absolute Gasteiger partial charge is 0.369 e. The van der Waals surface area contributed by atoms with Crippen LogP contribution < -0.4 is 11.3 Å². The Balaban J connectivity index is 1.59. The molecule has 4 heterocycles. The summed E-state index contributed by atoms with van der Waals surface area (Å²) in [6, 6.07) is 0. The SMILES string of the molecule is Nc1nc2c(ncn2[C@@H]2O[C@H](COP(=O)(O)OP(=O)(O)O)[C@]3(O)O[C@]23O)c(=O)[nH]1.